The number of nitrogens with one attached hydrogen (secondary N) is 2. The fourth-order valence-corrected chi connectivity index (χ4v) is 3.49. The molecular formula is C26H23ClN4O2. The minimum absolute atomic E-state index is 0.0535. The Hall–Kier alpha value is -3.90. The van der Waals surface area contributed by atoms with Crippen molar-refractivity contribution in [2.75, 3.05) is 24.3 Å². The van der Waals surface area contributed by atoms with Crippen LogP contribution < -0.4 is 15.4 Å². The standard InChI is InChI=1S/C26H23ClN4O2/c1-17-21(27)9-6-10-22(17)28-16-25(32)31-26-29-23(18-7-4-3-5-8-18)15-24(30-26)19-11-13-20(33-2)14-12-19/h3-15,28H,16H2,1-2H3,(H,29,30,31,32). The highest BCUT2D eigenvalue weighted by Crippen LogP contribution is 2.27. The van der Waals surface area contributed by atoms with Gasteiger partial charge in [-0.05, 0) is 55.0 Å². The maximum Gasteiger partial charge on any atom is 0.246 e. The van der Waals surface area contributed by atoms with E-state index in [4.69, 9.17) is 16.3 Å². The molecule has 0 atom stereocenters. The average molecular weight is 459 g/mol. The van der Waals surface area contributed by atoms with Crippen LogP contribution in [-0.2, 0) is 4.79 Å². The zero-order valence-corrected chi connectivity index (χ0v) is 19.1. The summed E-state index contributed by atoms with van der Waals surface area (Å²) in [7, 11) is 1.62. The van der Waals surface area contributed by atoms with Gasteiger partial charge >= 0.3 is 0 Å². The van der Waals surface area contributed by atoms with Crippen LogP contribution in [0, 0.1) is 6.92 Å². The summed E-state index contributed by atoms with van der Waals surface area (Å²) in [6.07, 6.45) is 0. The van der Waals surface area contributed by atoms with E-state index in [9.17, 15) is 4.79 Å². The van der Waals surface area contributed by atoms with E-state index in [1.807, 2.05) is 85.8 Å². The largest absolute Gasteiger partial charge is 0.497 e. The molecule has 0 fully saturated rings. The molecule has 0 bridgehead atoms. The number of nitrogens with zero attached hydrogens (tertiary/aromatic N) is 2. The Bertz CT molecular complexity index is 1260. The minimum atomic E-state index is -0.264. The van der Waals surface area contributed by atoms with E-state index in [1.165, 1.54) is 0 Å². The smallest absolute Gasteiger partial charge is 0.246 e. The zero-order valence-electron chi connectivity index (χ0n) is 18.3. The van der Waals surface area contributed by atoms with E-state index in [0.29, 0.717) is 16.4 Å². The lowest BCUT2D eigenvalue weighted by Gasteiger charge is -2.12. The van der Waals surface area contributed by atoms with Crippen LogP contribution in [0.5, 0.6) is 5.75 Å². The number of anilines is 2. The van der Waals surface area contributed by atoms with Gasteiger partial charge in [0.2, 0.25) is 11.9 Å². The van der Waals surface area contributed by atoms with Crippen molar-refractivity contribution in [1.82, 2.24) is 9.97 Å². The van der Waals surface area contributed by atoms with Gasteiger partial charge in [0.1, 0.15) is 5.75 Å². The summed E-state index contributed by atoms with van der Waals surface area (Å²) in [4.78, 5) is 21.8. The number of carbonyl (C=O) groups is 1. The molecule has 0 aliphatic heterocycles. The molecule has 0 unspecified atom stereocenters. The summed E-state index contributed by atoms with van der Waals surface area (Å²) in [5.41, 5.74) is 4.91. The second-order valence-corrected chi connectivity index (χ2v) is 7.78. The van der Waals surface area contributed by atoms with Gasteiger partial charge in [-0.3, -0.25) is 10.1 Å². The summed E-state index contributed by atoms with van der Waals surface area (Å²) in [6.45, 7) is 1.95. The molecule has 1 aromatic heterocycles. The van der Waals surface area contributed by atoms with Gasteiger partial charge in [-0.25, -0.2) is 9.97 Å². The van der Waals surface area contributed by atoms with Crippen LogP contribution in [0.15, 0.2) is 78.9 Å². The van der Waals surface area contributed by atoms with Gasteiger partial charge in [-0.2, -0.15) is 0 Å². The lowest BCUT2D eigenvalue weighted by Crippen LogP contribution is -2.23. The number of hydrogen-bond donors (Lipinski definition) is 2. The summed E-state index contributed by atoms with van der Waals surface area (Å²) in [5, 5.41) is 6.56. The van der Waals surface area contributed by atoms with Crippen molar-refractivity contribution >= 4 is 29.1 Å². The number of ether oxygens (including phenoxy) is 1. The summed E-state index contributed by atoms with van der Waals surface area (Å²) in [6, 6.07) is 24.8. The molecule has 166 valence electrons. The number of aromatic nitrogens is 2. The first-order chi connectivity index (χ1) is 16.0. The highest BCUT2D eigenvalue weighted by Gasteiger charge is 2.12. The molecule has 33 heavy (non-hydrogen) atoms. The molecule has 0 aliphatic carbocycles. The van der Waals surface area contributed by atoms with E-state index < -0.39 is 0 Å². The van der Waals surface area contributed by atoms with E-state index in [-0.39, 0.29) is 18.4 Å². The number of rotatable bonds is 7. The predicted molar refractivity (Wildman–Crippen MR) is 133 cm³/mol. The van der Waals surface area contributed by atoms with Gasteiger partial charge in [-0.1, -0.05) is 48.0 Å². The van der Waals surface area contributed by atoms with Crippen molar-refractivity contribution < 1.29 is 9.53 Å². The third-order valence-corrected chi connectivity index (χ3v) is 5.55. The first-order valence-corrected chi connectivity index (χ1v) is 10.8. The molecule has 1 heterocycles. The van der Waals surface area contributed by atoms with Gasteiger partial charge in [0.15, 0.2) is 0 Å². The molecule has 6 nitrogen and oxygen atoms in total. The van der Waals surface area contributed by atoms with Gasteiger partial charge in [0, 0.05) is 21.8 Å². The van der Waals surface area contributed by atoms with Crippen molar-refractivity contribution in [2.45, 2.75) is 6.92 Å². The Morgan fingerprint density at radius 2 is 1.58 bits per heavy atom. The van der Waals surface area contributed by atoms with Crippen molar-refractivity contribution in [3.63, 3.8) is 0 Å². The van der Waals surface area contributed by atoms with Crippen molar-refractivity contribution in [1.29, 1.82) is 0 Å². The Morgan fingerprint density at radius 1 is 0.909 bits per heavy atom. The van der Waals surface area contributed by atoms with Crippen LogP contribution in [0.3, 0.4) is 0 Å². The zero-order chi connectivity index (χ0) is 23.2. The van der Waals surface area contributed by atoms with Crippen molar-refractivity contribution in [3.8, 4) is 28.3 Å². The molecule has 7 heteroatoms. The third kappa shape index (κ3) is 5.48. The van der Waals surface area contributed by atoms with Crippen LogP contribution in [0.1, 0.15) is 5.56 Å². The SMILES string of the molecule is COc1ccc(-c2cc(-c3ccccc3)nc(NC(=O)CNc3cccc(Cl)c3C)n2)cc1. The Morgan fingerprint density at radius 3 is 2.24 bits per heavy atom. The minimum Gasteiger partial charge on any atom is -0.497 e. The van der Waals surface area contributed by atoms with Crippen LogP contribution in [-0.4, -0.2) is 29.5 Å². The molecule has 0 aliphatic rings. The van der Waals surface area contributed by atoms with Crippen LogP contribution in [0.2, 0.25) is 5.02 Å². The predicted octanol–water partition coefficient (Wildman–Crippen LogP) is 5.83. The van der Waals surface area contributed by atoms with E-state index in [2.05, 4.69) is 20.6 Å². The number of carbonyl (C=O) groups excluding carboxylic acids is 1. The number of halogens is 1. The highest BCUT2D eigenvalue weighted by molar-refractivity contribution is 6.31. The monoisotopic (exact) mass is 458 g/mol. The van der Waals surface area contributed by atoms with Crippen molar-refractivity contribution in [2.24, 2.45) is 0 Å². The summed E-state index contributed by atoms with van der Waals surface area (Å²) >= 11 is 6.16. The number of methoxy groups -OCH3 is 1. The Balaban J connectivity index is 1.59. The maximum absolute atomic E-state index is 12.7. The first kappa shape index (κ1) is 22.3. The van der Waals surface area contributed by atoms with E-state index in [1.54, 1.807) is 7.11 Å². The second kappa shape index (κ2) is 10.1. The molecule has 0 radical (unpaired) electrons. The van der Waals surface area contributed by atoms with E-state index in [0.717, 1.165) is 28.1 Å². The molecule has 0 spiro atoms. The fraction of sp³-hybridized carbons (Fsp3) is 0.115. The molecule has 3 aromatic carbocycles. The molecule has 2 N–H and O–H groups in total. The molecule has 1 amide bonds. The normalized spacial score (nSPS) is 10.5. The van der Waals surface area contributed by atoms with Gasteiger partial charge in [0.05, 0.1) is 25.0 Å². The number of benzene rings is 3. The lowest BCUT2D eigenvalue weighted by atomic mass is 10.1. The quantitative estimate of drug-likeness (QED) is 0.364. The topological polar surface area (TPSA) is 76.1 Å². The molecule has 4 rings (SSSR count). The fourth-order valence-electron chi connectivity index (χ4n) is 3.31. The van der Waals surface area contributed by atoms with E-state index >= 15 is 0 Å². The average Bonchev–Trinajstić information content (AvgIpc) is 2.85. The highest BCUT2D eigenvalue weighted by atomic mass is 35.5. The summed E-state index contributed by atoms with van der Waals surface area (Å²) in [5.74, 6) is 0.726. The Kier molecular flexibility index (Phi) is 6.86. The van der Waals surface area contributed by atoms with Crippen LogP contribution >= 0.6 is 11.6 Å². The second-order valence-electron chi connectivity index (χ2n) is 7.37. The van der Waals surface area contributed by atoms with Crippen LogP contribution in [0.4, 0.5) is 11.6 Å². The first-order valence-electron chi connectivity index (χ1n) is 10.4. The van der Waals surface area contributed by atoms with Gasteiger partial charge in [0.25, 0.3) is 0 Å². The molecule has 0 saturated carbocycles. The molecular weight excluding hydrogens is 436 g/mol. The Labute approximate surface area is 197 Å². The summed E-state index contributed by atoms with van der Waals surface area (Å²) < 4.78 is 5.25. The van der Waals surface area contributed by atoms with Gasteiger partial charge in [-0.15, -0.1) is 0 Å². The van der Waals surface area contributed by atoms with Crippen molar-refractivity contribution in [3.05, 3.63) is 89.4 Å². The molecule has 4 aromatic rings. The maximum atomic E-state index is 12.7. The van der Waals surface area contributed by atoms with Crippen LogP contribution in [0.25, 0.3) is 22.5 Å². The molecule has 0 saturated heterocycles. The number of amides is 1. The van der Waals surface area contributed by atoms with Gasteiger partial charge < -0.3 is 10.1 Å². The third-order valence-electron chi connectivity index (χ3n) is 5.14. The number of hydrogen-bond acceptors (Lipinski definition) is 5. The lowest BCUT2D eigenvalue weighted by molar-refractivity contribution is -0.114.